The Balaban J connectivity index is 2.10. The number of aromatic hydroxyl groups is 2. The van der Waals surface area contributed by atoms with Crippen molar-refractivity contribution in [3.63, 3.8) is 0 Å². The van der Waals surface area contributed by atoms with Crippen LogP contribution < -0.4 is 5.56 Å². The Kier molecular flexibility index (Phi) is 5.48. The van der Waals surface area contributed by atoms with Crippen LogP contribution in [-0.2, 0) is 0 Å². The van der Waals surface area contributed by atoms with Gasteiger partial charge in [-0.3, -0.25) is 19.3 Å². The molecule has 29 heavy (non-hydrogen) atoms. The molecule has 148 valence electrons. The number of phenolic OH excluding ortho intramolecular Hbond substituents is 1. The lowest BCUT2D eigenvalue weighted by molar-refractivity contribution is 0.0696. The fourth-order valence-corrected chi connectivity index (χ4v) is 2.88. The molecule has 0 spiro atoms. The van der Waals surface area contributed by atoms with Crippen LogP contribution in [0.4, 0.5) is 10.1 Å². The number of phenols is 1. The molecular formula is C18H11ClFN3O5S. The smallest absolute Gasteiger partial charge is 0.335 e. The van der Waals surface area contributed by atoms with Gasteiger partial charge in [0, 0.05) is 6.21 Å². The maximum Gasteiger partial charge on any atom is 0.335 e. The van der Waals surface area contributed by atoms with Gasteiger partial charge < -0.3 is 15.3 Å². The third-order valence-corrected chi connectivity index (χ3v) is 4.41. The molecule has 0 fully saturated rings. The average molecular weight is 436 g/mol. The van der Waals surface area contributed by atoms with E-state index in [-0.39, 0.29) is 32.3 Å². The zero-order valence-corrected chi connectivity index (χ0v) is 15.8. The number of rotatable bonds is 4. The van der Waals surface area contributed by atoms with Crippen LogP contribution in [0.3, 0.4) is 0 Å². The number of halogens is 2. The van der Waals surface area contributed by atoms with Crippen molar-refractivity contribution < 1.29 is 24.5 Å². The summed E-state index contributed by atoms with van der Waals surface area (Å²) in [6.45, 7) is 0. The fraction of sp³-hybridized carbons (Fsp3) is 0. The summed E-state index contributed by atoms with van der Waals surface area (Å²) in [5.41, 5.74) is -1.06. The van der Waals surface area contributed by atoms with Crippen LogP contribution in [-0.4, -0.2) is 37.1 Å². The predicted octanol–water partition coefficient (Wildman–Crippen LogP) is 3.55. The van der Waals surface area contributed by atoms with E-state index in [0.717, 1.165) is 22.9 Å². The first-order chi connectivity index (χ1) is 13.7. The van der Waals surface area contributed by atoms with Gasteiger partial charge in [-0.15, -0.1) is 0 Å². The maximum absolute atomic E-state index is 13.4. The highest BCUT2D eigenvalue weighted by atomic mass is 35.5. The van der Waals surface area contributed by atoms with Gasteiger partial charge in [0.2, 0.25) is 5.88 Å². The Bertz CT molecular complexity index is 1290. The van der Waals surface area contributed by atoms with E-state index >= 15 is 0 Å². The molecule has 4 N–H and O–H groups in total. The lowest BCUT2D eigenvalue weighted by Crippen LogP contribution is -2.18. The molecule has 11 heteroatoms. The number of aromatic carboxylic acids is 1. The second kappa shape index (κ2) is 7.86. The summed E-state index contributed by atoms with van der Waals surface area (Å²) in [7, 11) is 0. The number of benzene rings is 2. The molecule has 0 saturated carbocycles. The molecule has 3 aromatic rings. The summed E-state index contributed by atoms with van der Waals surface area (Å²) in [5, 5.41) is 29.1. The van der Waals surface area contributed by atoms with Crippen LogP contribution in [0.1, 0.15) is 15.9 Å². The van der Waals surface area contributed by atoms with Crippen molar-refractivity contribution in [3.8, 4) is 17.3 Å². The number of H-pyrrole nitrogens is 1. The monoisotopic (exact) mass is 435 g/mol. The van der Waals surface area contributed by atoms with Crippen molar-refractivity contribution in [2.45, 2.75) is 0 Å². The Labute approximate surface area is 171 Å². The van der Waals surface area contributed by atoms with E-state index < -0.39 is 29.0 Å². The highest BCUT2D eigenvalue weighted by molar-refractivity contribution is 7.71. The predicted molar refractivity (Wildman–Crippen MR) is 106 cm³/mol. The van der Waals surface area contributed by atoms with Crippen LogP contribution >= 0.6 is 23.8 Å². The summed E-state index contributed by atoms with van der Waals surface area (Å²) in [6, 6.07) is 7.02. The van der Waals surface area contributed by atoms with E-state index in [0.29, 0.717) is 0 Å². The SMILES string of the molecule is O=C(O)c1ccc(N=Cc2c(O)n(-c3ccc(F)c(Cl)c3)c(=S)[nH]c2=O)c(O)c1. The Hall–Kier alpha value is -3.50. The summed E-state index contributed by atoms with van der Waals surface area (Å²) < 4.78 is 14.3. The lowest BCUT2D eigenvalue weighted by Gasteiger charge is -2.11. The van der Waals surface area contributed by atoms with E-state index in [2.05, 4.69) is 9.98 Å². The number of carboxylic acids is 1. The molecule has 0 bridgehead atoms. The van der Waals surface area contributed by atoms with Gasteiger partial charge in [0.25, 0.3) is 5.56 Å². The molecule has 0 unspecified atom stereocenters. The zero-order chi connectivity index (χ0) is 21.3. The maximum atomic E-state index is 13.4. The summed E-state index contributed by atoms with van der Waals surface area (Å²) in [4.78, 5) is 29.4. The molecule has 2 aromatic carbocycles. The van der Waals surface area contributed by atoms with Gasteiger partial charge in [-0.05, 0) is 48.6 Å². The van der Waals surface area contributed by atoms with Crippen molar-refractivity contribution >= 4 is 41.7 Å². The van der Waals surface area contributed by atoms with Crippen LogP contribution in [0.2, 0.25) is 5.02 Å². The first-order valence-corrected chi connectivity index (χ1v) is 8.61. The number of nitrogens with one attached hydrogen (secondary N) is 1. The highest BCUT2D eigenvalue weighted by Gasteiger charge is 2.14. The zero-order valence-electron chi connectivity index (χ0n) is 14.3. The molecule has 0 aliphatic rings. The van der Waals surface area contributed by atoms with Gasteiger partial charge in [0.05, 0.1) is 16.3 Å². The fourth-order valence-electron chi connectivity index (χ4n) is 2.42. The molecule has 0 radical (unpaired) electrons. The van der Waals surface area contributed by atoms with Crippen LogP contribution in [0.5, 0.6) is 11.6 Å². The molecule has 0 amide bonds. The Morgan fingerprint density at radius 1 is 1.24 bits per heavy atom. The van der Waals surface area contributed by atoms with Crippen molar-refractivity contribution in [2.24, 2.45) is 4.99 Å². The third kappa shape index (κ3) is 4.03. The van der Waals surface area contributed by atoms with Gasteiger partial charge >= 0.3 is 5.97 Å². The molecule has 1 heterocycles. The quantitative estimate of drug-likeness (QED) is 0.366. The van der Waals surface area contributed by atoms with E-state index in [9.17, 15) is 24.2 Å². The van der Waals surface area contributed by atoms with Crippen molar-refractivity contribution in [2.75, 3.05) is 0 Å². The van der Waals surface area contributed by atoms with Crippen LogP contribution in [0.25, 0.3) is 5.69 Å². The molecule has 3 rings (SSSR count). The first kappa shape index (κ1) is 20.2. The second-order valence-electron chi connectivity index (χ2n) is 5.70. The number of hydrogen-bond donors (Lipinski definition) is 4. The molecule has 0 atom stereocenters. The number of hydrogen-bond acceptors (Lipinski definition) is 6. The number of aromatic nitrogens is 2. The van der Waals surface area contributed by atoms with E-state index in [1.54, 1.807) is 0 Å². The van der Waals surface area contributed by atoms with Crippen LogP contribution in [0.15, 0.2) is 46.2 Å². The van der Waals surface area contributed by atoms with E-state index in [1.165, 1.54) is 24.3 Å². The molecule has 8 nitrogen and oxygen atoms in total. The minimum Gasteiger partial charge on any atom is -0.506 e. The summed E-state index contributed by atoms with van der Waals surface area (Å²) >= 11 is 10.8. The topological polar surface area (TPSA) is 128 Å². The Morgan fingerprint density at radius 3 is 2.59 bits per heavy atom. The highest BCUT2D eigenvalue weighted by Crippen LogP contribution is 2.28. The van der Waals surface area contributed by atoms with Crippen molar-refractivity contribution in [1.82, 2.24) is 9.55 Å². The molecular weight excluding hydrogens is 425 g/mol. The van der Waals surface area contributed by atoms with Crippen LogP contribution in [0, 0.1) is 10.6 Å². The molecule has 1 aromatic heterocycles. The Morgan fingerprint density at radius 2 is 1.97 bits per heavy atom. The van der Waals surface area contributed by atoms with E-state index in [4.69, 9.17) is 28.9 Å². The number of aromatic amines is 1. The van der Waals surface area contributed by atoms with Gasteiger partial charge in [0.15, 0.2) is 4.77 Å². The minimum absolute atomic E-state index is 0.0346. The van der Waals surface area contributed by atoms with Gasteiger partial charge in [-0.25, -0.2) is 9.18 Å². The summed E-state index contributed by atoms with van der Waals surface area (Å²) in [6.07, 6.45) is 0.972. The first-order valence-electron chi connectivity index (χ1n) is 7.83. The lowest BCUT2D eigenvalue weighted by atomic mass is 10.2. The molecule has 0 aliphatic heterocycles. The van der Waals surface area contributed by atoms with Gasteiger partial charge in [0.1, 0.15) is 22.8 Å². The molecule has 0 saturated heterocycles. The van der Waals surface area contributed by atoms with Crippen molar-refractivity contribution in [3.05, 3.63) is 73.5 Å². The number of nitrogens with zero attached hydrogens (tertiary/aromatic N) is 2. The number of carboxylic acid groups (broad SMARTS) is 1. The number of carbonyl (C=O) groups is 1. The van der Waals surface area contributed by atoms with Gasteiger partial charge in [-0.1, -0.05) is 11.6 Å². The normalized spacial score (nSPS) is 11.1. The second-order valence-corrected chi connectivity index (χ2v) is 6.49. The average Bonchev–Trinajstić information content (AvgIpc) is 2.65. The standard InChI is InChI=1S/C18H11ClFN3O5S/c19-11-6-9(2-3-12(11)20)23-16(26)10(15(25)22-18(23)29)7-21-13-4-1-8(17(27)28)5-14(13)24/h1-7,24,26H,(H,27,28)(H,22,25,29). The minimum atomic E-state index is -1.23. The summed E-state index contributed by atoms with van der Waals surface area (Å²) in [5.74, 6) is -2.93. The third-order valence-electron chi connectivity index (χ3n) is 3.84. The number of aliphatic imine (C=N–C) groups is 1. The molecule has 0 aliphatic carbocycles. The van der Waals surface area contributed by atoms with E-state index in [1.807, 2.05) is 0 Å². The van der Waals surface area contributed by atoms with Gasteiger partial charge in [-0.2, -0.15) is 0 Å². The van der Waals surface area contributed by atoms with Crippen molar-refractivity contribution in [1.29, 1.82) is 0 Å². The largest absolute Gasteiger partial charge is 0.506 e.